The monoisotopic (exact) mass is 234 g/mol. The predicted octanol–water partition coefficient (Wildman–Crippen LogP) is 0.955. The van der Waals surface area contributed by atoms with Gasteiger partial charge in [-0.2, -0.15) is 0 Å². The van der Waals surface area contributed by atoms with Gasteiger partial charge in [0.05, 0.1) is 12.1 Å². The molecule has 0 aliphatic heterocycles. The van der Waals surface area contributed by atoms with Gasteiger partial charge in [-0.05, 0) is 19.9 Å². The molecule has 6 heteroatoms. The van der Waals surface area contributed by atoms with Crippen molar-refractivity contribution in [3.05, 3.63) is 35.3 Å². The summed E-state index contributed by atoms with van der Waals surface area (Å²) in [6, 6.07) is 1.72. The van der Waals surface area contributed by atoms with Crippen molar-refractivity contribution in [3.63, 3.8) is 0 Å². The van der Waals surface area contributed by atoms with Gasteiger partial charge >= 0.3 is 0 Å². The molecule has 1 amide bonds. The molecule has 0 aromatic carbocycles. The summed E-state index contributed by atoms with van der Waals surface area (Å²) >= 11 is 0. The number of hydrogen-bond acceptors (Lipinski definition) is 4. The van der Waals surface area contributed by atoms with Crippen LogP contribution >= 0.6 is 0 Å². The Hall–Kier alpha value is -2.11. The molecular formula is C11H14N4O2. The van der Waals surface area contributed by atoms with Crippen LogP contribution in [0.5, 0.6) is 0 Å². The second kappa shape index (κ2) is 4.40. The van der Waals surface area contributed by atoms with Gasteiger partial charge in [0.2, 0.25) is 0 Å². The largest absolute Gasteiger partial charge is 0.466 e. The Kier molecular flexibility index (Phi) is 2.95. The zero-order valence-electron chi connectivity index (χ0n) is 10.0. The minimum absolute atomic E-state index is 0.164. The summed E-state index contributed by atoms with van der Waals surface area (Å²) in [6.45, 7) is 3.93. The molecule has 0 fully saturated rings. The molecule has 0 spiro atoms. The van der Waals surface area contributed by atoms with Crippen molar-refractivity contribution in [2.45, 2.75) is 20.4 Å². The van der Waals surface area contributed by atoms with Crippen LogP contribution in [0.4, 0.5) is 0 Å². The van der Waals surface area contributed by atoms with E-state index >= 15 is 0 Å². The Labute approximate surface area is 98.6 Å². The quantitative estimate of drug-likeness (QED) is 0.858. The fraction of sp³-hybridized carbons (Fsp3) is 0.364. The van der Waals surface area contributed by atoms with E-state index in [1.54, 1.807) is 23.9 Å². The normalized spacial score (nSPS) is 10.5. The highest BCUT2D eigenvalue weighted by molar-refractivity contribution is 5.95. The zero-order valence-corrected chi connectivity index (χ0v) is 10.0. The van der Waals surface area contributed by atoms with E-state index in [4.69, 9.17) is 4.42 Å². The molecule has 2 heterocycles. The number of rotatable bonds is 3. The molecular weight excluding hydrogens is 220 g/mol. The number of hydrogen-bond donors (Lipinski definition) is 1. The van der Waals surface area contributed by atoms with E-state index in [9.17, 15) is 4.79 Å². The average molecular weight is 234 g/mol. The molecule has 2 rings (SSSR count). The lowest BCUT2D eigenvalue weighted by Crippen LogP contribution is -2.24. The van der Waals surface area contributed by atoms with Crippen LogP contribution in [0.1, 0.15) is 27.7 Å². The van der Waals surface area contributed by atoms with Gasteiger partial charge in [0.15, 0.2) is 5.82 Å². The number of amides is 1. The zero-order chi connectivity index (χ0) is 12.4. The first kappa shape index (κ1) is 11.4. The van der Waals surface area contributed by atoms with Crippen LogP contribution in [0.25, 0.3) is 0 Å². The molecule has 0 saturated carbocycles. The van der Waals surface area contributed by atoms with Gasteiger partial charge in [-0.15, -0.1) is 10.2 Å². The Morgan fingerprint density at radius 1 is 1.53 bits per heavy atom. The Bertz CT molecular complexity index is 541. The molecule has 90 valence electrons. The smallest absolute Gasteiger partial charge is 0.255 e. The number of aromatic nitrogens is 3. The lowest BCUT2D eigenvalue weighted by molar-refractivity contribution is 0.0948. The molecule has 0 unspecified atom stereocenters. The minimum Gasteiger partial charge on any atom is -0.466 e. The third-order valence-corrected chi connectivity index (χ3v) is 2.50. The number of nitrogens with zero attached hydrogens (tertiary/aromatic N) is 3. The average Bonchev–Trinajstić information content (AvgIpc) is 2.81. The molecule has 2 aromatic heterocycles. The second-order valence-electron chi connectivity index (χ2n) is 3.87. The van der Waals surface area contributed by atoms with Gasteiger partial charge < -0.3 is 14.3 Å². The summed E-state index contributed by atoms with van der Waals surface area (Å²) in [5, 5.41) is 10.4. The van der Waals surface area contributed by atoms with Gasteiger partial charge in [0.1, 0.15) is 17.8 Å². The Morgan fingerprint density at radius 2 is 2.29 bits per heavy atom. The summed E-state index contributed by atoms with van der Waals surface area (Å²) < 4.78 is 7.06. The van der Waals surface area contributed by atoms with Crippen LogP contribution in [-0.2, 0) is 13.6 Å². The topological polar surface area (TPSA) is 73.0 Å². The molecule has 6 nitrogen and oxygen atoms in total. The number of carbonyl (C=O) groups excluding carboxylic acids is 1. The Morgan fingerprint density at radius 3 is 2.82 bits per heavy atom. The van der Waals surface area contributed by atoms with Crippen molar-refractivity contribution in [2.75, 3.05) is 0 Å². The van der Waals surface area contributed by atoms with Gasteiger partial charge in [-0.3, -0.25) is 4.79 Å². The van der Waals surface area contributed by atoms with E-state index in [1.807, 2.05) is 14.0 Å². The van der Waals surface area contributed by atoms with Crippen LogP contribution in [0.2, 0.25) is 0 Å². The minimum atomic E-state index is -0.164. The molecule has 0 aliphatic rings. The highest BCUT2D eigenvalue weighted by Crippen LogP contribution is 2.13. The molecule has 2 aromatic rings. The van der Waals surface area contributed by atoms with Crippen molar-refractivity contribution >= 4 is 5.91 Å². The Balaban J connectivity index is 2.03. The number of carbonyl (C=O) groups is 1. The molecule has 0 radical (unpaired) electrons. The summed E-state index contributed by atoms with van der Waals surface area (Å²) in [4.78, 5) is 11.9. The fourth-order valence-electron chi connectivity index (χ4n) is 1.58. The molecule has 17 heavy (non-hydrogen) atoms. The van der Waals surface area contributed by atoms with Gasteiger partial charge in [-0.25, -0.2) is 0 Å². The van der Waals surface area contributed by atoms with Gasteiger partial charge in [0.25, 0.3) is 5.91 Å². The maximum atomic E-state index is 11.9. The third kappa shape index (κ3) is 2.35. The number of aryl methyl sites for hydroxylation is 3. The maximum Gasteiger partial charge on any atom is 0.255 e. The van der Waals surface area contributed by atoms with E-state index < -0.39 is 0 Å². The lowest BCUT2D eigenvalue weighted by Gasteiger charge is -2.03. The van der Waals surface area contributed by atoms with Crippen molar-refractivity contribution in [1.29, 1.82) is 0 Å². The highest BCUT2D eigenvalue weighted by atomic mass is 16.3. The number of furan rings is 1. The summed E-state index contributed by atoms with van der Waals surface area (Å²) in [5.74, 6) is 1.89. The SMILES string of the molecule is Cc1cc(C(=O)NCc2nncn2C)c(C)o1. The lowest BCUT2D eigenvalue weighted by atomic mass is 10.2. The van der Waals surface area contributed by atoms with Crippen molar-refractivity contribution < 1.29 is 9.21 Å². The van der Waals surface area contributed by atoms with Gasteiger partial charge in [0, 0.05) is 7.05 Å². The van der Waals surface area contributed by atoms with Crippen LogP contribution in [-0.4, -0.2) is 20.7 Å². The fourth-order valence-corrected chi connectivity index (χ4v) is 1.58. The molecule has 0 atom stereocenters. The van der Waals surface area contributed by atoms with E-state index in [0.29, 0.717) is 23.7 Å². The van der Waals surface area contributed by atoms with E-state index in [2.05, 4.69) is 15.5 Å². The summed E-state index contributed by atoms with van der Waals surface area (Å²) in [5.41, 5.74) is 0.560. The van der Waals surface area contributed by atoms with Crippen LogP contribution in [0.3, 0.4) is 0 Å². The van der Waals surface area contributed by atoms with Crippen molar-refractivity contribution in [3.8, 4) is 0 Å². The van der Waals surface area contributed by atoms with Gasteiger partial charge in [-0.1, -0.05) is 0 Å². The molecule has 1 N–H and O–H groups in total. The summed E-state index contributed by atoms with van der Waals surface area (Å²) in [6.07, 6.45) is 1.59. The first-order valence-corrected chi connectivity index (χ1v) is 5.26. The summed E-state index contributed by atoms with van der Waals surface area (Å²) in [7, 11) is 1.83. The standard InChI is InChI=1S/C11H14N4O2/c1-7-4-9(8(2)17-7)11(16)12-5-10-14-13-6-15(10)3/h4,6H,5H2,1-3H3,(H,12,16). The highest BCUT2D eigenvalue weighted by Gasteiger charge is 2.13. The molecule has 0 bridgehead atoms. The van der Waals surface area contributed by atoms with Crippen molar-refractivity contribution in [2.24, 2.45) is 7.05 Å². The van der Waals surface area contributed by atoms with E-state index in [0.717, 1.165) is 5.76 Å². The van der Waals surface area contributed by atoms with E-state index in [1.165, 1.54) is 0 Å². The first-order valence-electron chi connectivity index (χ1n) is 5.26. The van der Waals surface area contributed by atoms with E-state index in [-0.39, 0.29) is 5.91 Å². The number of nitrogens with one attached hydrogen (secondary N) is 1. The van der Waals surface area contributed by atoms with Crippen LogP contribution in [0.15, 0.2) is 16.8 Å². The van der Waals surface area contributed by atoms with Crippen LogP contribution < -0.4 is 5.32 Å². The predicted molar refractivity (Wildman–Crippen MR) is 60.4 cm³/mol. The molecule has 0 saturated heterocycles. The third-order valence-electron chi connectivity index (χ3n) is 2.50. The first-order chi connectivity index (χ1) is 8.08. The molecule has 0 aliphatic carbocycles. The second-order valence-corrected chi connectivity index (χ2v) is 3.87. The maximum absolute atomic E-state index is 11.9. The van der Waals surface area contributed by atoms with Crippen LogP contribution in [0, 0.1) is 13.8 Å². The van der Waals surface area contributed by atoms with Crippen molar-refractivity contribution in [1.82, 2.24) is 20.1 Å².